The number of fused-ring (bicyclic) bond motifs is 1. The fourth-order valence-electron chi connectivity index (χ4n) is 3.77. The number of amides is 2. The number of aromatic nitrogens is 1. The molecule has 1 aromatic carbocycles. The van der Waals surface area contributed by atoms with Gasteiger partial charge in [-0.25, -0.2) is 9.78 Å². The van der Waals surface area contributed by atoms with Crippen molar-refractivity contribution in [1.82, 2.24) is 14.8 Å². The van der Waals surface area contributed by atoms with Gasteiger partial charge in [-0.3, -0.25) is 0 Å². The Hall–Kier alpha value is -1.70. The van der Waals surface area contributed by atoms with Gasteiger partial charge < -0.3 is 19.9 Å². The first kappa shape index (κ1) is 17.7. The molecule has 6 nitrogen and oxygen atoms in total. The van der Waals surface area contributed by atoms with Gasteiger partial charge in [0.05, 0.1) is 21.3 Å². The van der Waals surface area contributed by atoms with E-state index in [1.807, 2.05) is 30.0 Å². The van der Waals surface area contributed by atoms with Crippen LogP contribution < -0.4 is 5.32 Å². The van der Waals surface area contributed by atoms with Crippen LogP contribution in [0.15, 0.2) is 18.2 Å². The molecule has 1 atom stereocenters. The van der Waals surface area contributed by atoms with Gasteiger partial charge in [0.15, 0.2) is 0 Å². The number of likely N-dealkylation sites (tertiary alicyclic amines) is 1. The number of carbonyl (C=O) groups excluding carboxylic acids is 1. The van der Waals surface area contributed by atoms with E-state index in [9.17, 15) is 4.79 Å². The molecule has 2 fully saturated rings. The number of thiazole rings is 1. The van der Waals surface area contributed by atoms with Crippen molar-refractivity contribution in [1.29, 1.82) is 0 Å². The third-order valence-corrected chi connectivity index (χ3v) is 6.00. The van der Waals surface area contributed by atoms with Gasteiger partial charge in [0.2, 0.25) is 0 Å². The van der Waals surface area contributed by atoms with Crippen molar-refractivity contribution in [3.8, 4) is 0 Å². The number of urea groups is 1. The molecule has 140 valence electrons. The molecule has 2 amide bonds. The van der Waals surface area contributed by atoms with Crippen LogP contribution in [0.25, 0.3) is 10.2 Å². The minimum atomic E-state index is -0.0479. The molecule has 2 aromatic rings. The Bertz CT molecular complexity index is 772. The summed E-state index contributed by atoms with van der Waals surface area (Å²) in [5, 5.41) is 4.08. The van der Waals surface area contributed by atoms with E-state index >= 15 is 0 Å². The number of hydrogen-bond donors (Lipinski definition) is 1. The van der Waals surface area contributed by atoms with E-state index in [1.54, 1.807) is 11.3 Å². The number of anilines is 1. The van der Waals surface area contributed by atoms with Crippen molar-refractivity contribution in [2.24, 2.45) is 0 Å². The van der Waals surface area contributed by atoms with Gasteiger partial charge in [-0.2, -0.15) is 0 Å². The summed E-state index contributed by atoms with van der Waals surface area (Å²) in [5.41, 5.74) is 1.74. The third kappa shape index (κ3) is 4.16. The zero-order valence-electron chi connectivity index (χ0n) is 15.2. The zero-order valence-corrected chi connectivity index (χ0v) is 16.1. The molecule has 0 radical (unpaired) electrons. The van der Waals surface area contributed by atoms with Crippen LogP contribution in [0.4, 0.5) is 10.5 Å². The van der Waals surface area contributed by atoms with Crippen LogP contribution in [0.3, 0.4) is 0 Å². The maximum Gasteiger partial charge on any atom is 0.321 e. The first-order chi connectivity index (χ1) is 12.7. The summed E-state index contributed by atoms with van der Waals surface area (Å²) in [6, 6.07) is 5.88. The van der Waals surface area contributed by atoms with Crippen LogP contribution in [-0.4, -0.2) is 66.2 Å². The summed E-state index contributed by atoms with van der Waals surface area (Å²) in [6.07, 6.45) is 3.53. The van der Waals surface area contributed by atoms with Gasteiger partial charge in [-0.15, -0.1) is 11.3 Å². The molecule has 26 heavy (non-hydrogen) atoms. The fraction of sp³-hybridized carbons (Fsp3) is 0.579. The lowest BCUT2D eigenvalue weighted by molar-refractivity contribution is 0.0355. The summed E-state index contributed by atoms with van der Waals surface area (Å²) in [6.45, 7) is 7.35. The SMILES string of the molecule is Cc1nc2cc(NC(=O)N3CCCO[C@H](CN4CCCC4)C3)ccc2s1. The van der Waals surface area contributed by atoms with Crippen molar-refractivity contribution in [3.63, 3.8) is 0 Å². The largest absolute Gasteiger partial charge is 0.375 e. The Morgan fingerprint density at radius 3 is 3.00 bits per heavy atom. The topological polar surface area (TPSA) is 57.7 Å². The highest BCUT2D eigenvalue weighted by Crippen LogP contribution is 2.24. The van der Waals surface area contributed by atoms with Crippen molar-refractivity contribution in [2.45, 2.75) is 32.3 Å². The third-order valence-electron chi connectivity index (χ3n) is 5.04. The molecular formula is C19H26N4O2S. The number of nitrogens with one attached hydrogen (secondary N) is 1. The van der Waals surface area contributed by atoms with Crippen LogP contribution in [0.5, 0.6) is 0 Å². The number of hydrogen-bond acceptors (Lipinski definition) is 5. The molecule has 0 unspecified atom stereocenters. The highest BCUT2D eigenvalue weighted by molar-refractivity contribution is 7.18. The zero-order chi connectivity index (χ0) is 17.9. The van der Waals surface area contributed by atoms with E-state index in [4.69, 9.17) is 4.74 Å². The fourth-order valence-corrected chi connectivity index (χ4v) is 4.57. The molecular weight excluding hydrogens is 348 g/mol. The summed E-state index contributed by atoms with van der Waals surface area (Å²) >= 11 is 1.67. The average Bonchev–Trinajstić information content (AvgIpc) is 3.18. The summed E-state index contributed by atoms with van der Waals surface area (Å²) < 4.78 is 7.13. The molecule has 4 rings (SSSR count). The Kier molecular flexibility index (Phi) is 5.38. The summed E-state index contributed by atoms with van der Waals surface area (Å²) in [5.74, 6) is 0. The molecule has 2 aliphatic rings. The summed E-state index contributed by atoms with van der Waals surface area (Å²) in [4.78, 5) is 21.6. The minimum Gasteiger partial charge on any atom is -0.375 e. The molecule has 1 aromatic heterocycles. The second-order valence-electron chi connectivity index (χ2n) is 7.15. The lowest BCUT2D eigenvalue weighted by atomic mass is 10.3. The van der Waals surface area contributed by atoms with Crippen molar-refractivity contribution < 1.29 is 9.53 Å². The average molecular weight is 375 g/mol. The van der Waals surface area contributed by atoms with E-state index in [0.29, 0.717) is 6.54 Å². The van der Waals surface area contributed by atoms with Gasteiger partial charge in [-0.05, 0) is 57.5 Å². The van der Waals surface area contributed by atoms with E-state index in [2.05, 4.69) is 15.2 Å². The number of aryl methyl sites for hydroxylation is 1. The van der Waals surface area contributed by atoms with Gasteiger partial charge in [0.25, 0.3) is 0 Å². The van der Waals surface area contributed by atoms with E-state index in [0.717, 1.165) is 60.1 Å². The maximum absolute atomic E-state index is 12.8. The van der Waals surface area contributed by atoms with Gasteiger partial charge >= 0.3 is 6.03 Å². The molecule has 3 heterocycles. The molecule has 7 heteroatoms. The molecule has 0 saturated carbocycles. The Labute approximate surface area is 158 Å². The Morgan fingerprint density at radius 1 is 1.31 bits per heavy atom. The summed E-state index contributed by atoms with van der Waals surface area (Å²) in [7, 11) is 0. The standard InChI is InChI=1S/C19H26N4O2S/c1-14-20-17-11-15(5-6-18(17)26-14)21-19(24)23-9-4-10-25-16(13-23)12-22-7-2-3-8-22/h5-6,11,16H,2-4,7-10,12-13H2,1H3,(H,21,24)/t16-/m1/s1. The van der Waals surface area contributed by atoms with E-state index in [1.165, 1.54) is 12.8 Å². The molecule has 2 aliphatic heterocycles. The monoisotopic (exact) mass is 374 g/mol. The van der Waals surface area contributed by atoms with Crippen LogP contribution in [0.1, 0.15) is 24.3 Å². The quantitative estimate of drug-likeness (QED) is 0.895. The van der Waals surface area contributed by atoms with Crippen LogP contribution in [0, 0.1) is 6.92 Å². The second kappa shape index (κ2) is 7.90. The lowest BCUT2D eigenvalue weighted by Crippen LogP contribution is -2.43. The number of nitrogens with zero attached hydrogens (tertiary/aromatic N) is 3. The smallest absolute Gasteiger partial charge is 0.321 e. The highest BCUT2D eigenvalue weighted by atomic mass is 32.1. The number of ether oxygens (including phenoxy) is 1. The number of benzene rings is 1. The first-order valence-electron chi connectivity index (χ1n) is 9.44. The minimum absolute atomic E-state index is 0.0479. The molecule has 0 spiro atoms. The number of carbonyl (C=O) groups is 1. The normalized spacial score (nSPS) is 21.9. The maximum atomic E-state index is 12.8. The predicted molar refractivity (Wildman–Crippen MR) is 105 cm³/mol. The van der Waals surface area contributed by atoms with Gasteiger partial charge in [0.1, 0.15) is 0 Å². The Morgan fingerprint density at radius 2 is 2.15 bits per heavy atom. The first-order valence-corrected chi connectivity index (χ1v) is 10.3. The van der Waals surface area contributed by atoms with Gasteiger partial charge in [0, 0.05) is 31.9 Å². The lowest BCUT2D eigenvalue weighted by Gasteiger charge is -2.27. The molecule has 1 N–H and O–H groups in total. The second-order valence-corrected chi connectivity index (χ2v) is 8.38. The van der Waals surface area contributed by atoms with E-state index in [-0.39, 0.29) is 12.1 Å². The van der Waals surface area contributed by atoms with Crippen LogP contribution >= 0.6 is 11.3 Å². The molecule has 2 saturated heterocycles. The van der Waals surface area contributed by atoms with Crippen molar-refractivity contribution >= 4 is 33.3 Å². The van der Waals surface area contributed by atoms with E-state index < -0.39 is 0 Å². The van der Waals surface area contributed by atoms with Crippen molar-refractivity contribution in [2.75, 3.05) is 44.6 Å². The van der Waals surface area contributed by atoms with Crippen molar-refractivity contribution in [3.05, 3.63) is 23.2 Å². The van der Waals surface area contributed by atoms with Gasteiger partial charge in [-0.1, -0.05) is 0 Å². The molecule has 0 bridgehead atoms. The Balaban J connectivity index is 1.39. The van der Waals surface area contributed by atoms with Crippen LogP contribution in [-0.2, 0) is 4.74 Å². The number of rotatable bonds is 3. The van der Waals surface area contributed by atoms with Crippen LogP contribution in [0.2, 0.25) is 0 Å². The molecule has 0 aliphatic carbocycles. The predicted octanol–water partition coefficient (Wildman–Crippen LogP) is 3.32. The highest BCUT2D eigenvalue weighted by Gasteiger charge is 2.25.